The maximum atomic E-state index is 12.8. The van der Waals surface area contributed by atoms with Crippen LogP contribution < -0.4 is 9.47 Å². The number of nitriles is 1. The van der Waals surface area contributed by atoms with Crippen molar-refractivity contribution in [2.24, 2.45) is 0 Å². The van der Waals surface area contributed by atoms with Gasteiger partial charge < -0.3 is 19.3 Å². The number of methoxy groups -OCH3 is 2. The standard InChI is InChI=1S/C19H25N3O3/c1-21(2)12-15(19(23)16(11-20)13-22(3)4)9-14-7-8-17(24-5)18(10-14)25-6/h7-8,10,12-13H,9H2,1-6H3/b15-12+,16-13-. The molecule has 0 saturated carbocycles. The van der Waals surface area contributed by atoms with Crippen molar-refractivity contribution in [3.05, 3.63) is 47.3 Å². The maximum Gasteiger partial charge on any atom is 0.202 e. The molecule has 0 aliphatic rings. The quantitative estimate of drug-likeness (QED) is 0.533. The van der Waals surface area contributed by atoms with Gasteiger partial charge in [0.1, 0.15) is 11.6 Å². The Labute approximate surface area is 149 Å². The first kappa shape index (κ1) is 20.1. The Hall–Kier alpha value is -2.94. The lowest BCUT2D eigenvalue weighted by atomic mass is 9.98. The Morgan fingerprint density at radius 3 is 2.16 bits per heavy atom. The zero-order valence-electron chi connectivity index (χ0n) is 15.7. The molecule has 0 atom stereocenters. The number of carbonyl (C=O) groups excluding carboxylic acids is 1. The Kier molecular flexibility index (Phi) is 7.54. The SMILES string of the molecule is COc1ccc(C/C(=C\N(C)C)C(=O)/C(C#N)=C\N(C)C)cc1OC. The van der Waals surface area contributed by atoms with Gasteiger partial charge in [-0.25, -0.2) is 0 Å². The van der Waals surface area contributed by atoms with Crippen molar-refractivity contribution < 1.29 is 14.3 Å². The molecular formula is C19H25N3O3. The van der Waals surface area contributed by atoms with Crippen LogP contribution in [0.25, 0.3) is 0 Å². The van der Waals surface area contributed by atoms with Crippen molar-refractivity contribution in [1.29, 1.82) is 5.26 Å². The van der Waals surface area contributed by atoms with Gasteiger partial charge in [0.15, 0.2) is 11.5 Å². The van der Waals surface area contributed by atoms with E-state index in [1.807, 2.05) is 32.3 Å². The second-order valence-electron chi connectivity index (χ2n) is 5.93. The molecule has 1 rings (SSSR count). The van der Waals surface area contributed by atoms with Crippen LogP contribution in [-0.4, -0.2) is 58.0 Å². The van der Waals surface area contributed by atoms with Crippen LogP contribution in [0.5, 0.6) is 11.5 Å². The Morgan fingerprint density at radius 2 is 1.68 bits per heavy atom. The minimum absolute atomic E-state index is 0.0959. The number of nitrogens with zero attached hydrogens (tertiary/aromatic N) is 3. The van der Waals surface area contributed by atoms with Crippen molar-refractivity contribution in [3.63, 3.8) is 0 Å². The van der Waals surface area contributed by atoms with Crippen LogP contribution in [0.3, 0.4) is 0 Å². The van der Waals surface area contributed by atoms with E-state index in [0.29, 0.717) is 23.5 Å². The highest BCUT2D eigenvalue weighted by molar-refractivity contribution is 6.10. The summed E-state index contributed by atoms with van der Waals surface area (Å²) in [6, 6.07) is 7.48. The molecule has 0 spiro atoms. The summed E-state index contributed by atoms with van der Waals surface area (Å²) in [6.45, 7) is 0. The second kappa shape index (κ2) is 9.38. The number of hydrogen-bond acceptors (Lipinski definition) is 6. The van der Waals surface area contributed by atoms with Gasteiger partial charge in [-0.3, -0.25) is 4.79 Å². The largest absolute Gasteiger partial charge is 0.493 e. The first-order valence-corrected chi connectivity index (χ1v) is 7.73. The van der Waals surface area contributed by atoms with Gasteiger partial charge in [-0.15, -0.1) is 0 Å². The van der Waals surface area contributed by atoms with E-state index < -0.39 is 0 Å². The zero-order chi connectivity index (χ0) is 19.0. The van der Waals surface area contributed by atoms with Gasteiger partial charge >= 0.3 is 0 Å². The number of ketones is 1. The number of benzene rings is 1. The molecule has 134 valence electrons. The van der Waals surface area contributed by atoms with E-state index in [1.54, 1.807) is 50.4 Å². The third kappa shape index (κ3) is 5.88. The van der Waals surface area contributed by atoms with Crippen molar-refractivity contribution in [2.75, 3.05) is 42.4 Å². The number of allylic oxidation sites excluding steroid dienone is 2. The van der Waals surface area contributed by atoms with E-state index in [9.17, 15) is 10.1 Å². The summed E-state index contributed by atoms with van der Waals surface area (Å²) in [7, 11) is 10.4. The minimum atomic E-state index is -0.292. The van der Waals surface area contributed by atoms with Gasteiger partial charge in [0, 0.05) is 52.6 Å². The van der Waals surface area contributed by atoms with Crippen molar-refractivity contribution >= 4 is 5.78 Å². The molecule has 6 nitrogen and oxygen atoms in total. The fraction of sp³-hybridized carbons (Fsp3) is 0.368. The van der Waals surface area contributed by atoms with Gasteiger partial charge in [0.2, 0.25) is 5.78 Å². The summed E-state index contributed by atoms with van der Waals surface area (Å²) in [4.78, 5) is 16.2. The minimum Gasteiger partial charge on any atom is -0.493 e. The molecule has 0 aliphatic carbocycles. The predicted molar refractivity (Wildman–Crippen MR) is 97.4 cm³/mol. The fourth-order valence-electron chi connectivity index (χ4n) is 2.28. The number of Topliss-reactive ketones (excluding diaryl/α,β-unsaturated/α-hetero) is 1. The van der Waals surface area contributed by atoms with E-state index in [4.69, 9.17) is 9.47 Å². The number of ether oxygens (including phenoxy) is 2. The van der Waals surface area contributed by atoms with Gasteiger partial charge in [-0.2, -0.15) is 5.26 Å². The zero-order valence-corrected chi connectivity index (χ0v) is 15.7. The fourth-order valence-corrected chi connectivity index (χ4v) is 2.28. The van der Waals surface area contributed by atoms with E-state index in [0.717, 1.165) is 5.56 Å². The van der Waals surface area contributed by atoms with E-state index >= 15 is 0 Å². The predicted octanol–water partition coefficient (Wildman–Crippen LogP) is 2.23. The monoisotopic (exact) mass is 343 g/mol. The molecular weight excluding hydrogens is 318 g/mol. The van der Waals surface area contributed by atoms with Crippen molar-refractivity contribution in [2.45, 2.75) is 6.42 Å². The number of carbonyl (C=O) groups is 1. The highest BCUT2D eigenvalue weighted by Crippen LogP contribution is 2.28. The van der Waals surface area contributed by atoms with Crippen LogP contribution in [0.2, 0.25) is 0 Å². The van der Waals surface area contributed by atoms with Crippen LogP contribution >= 0.6 is 0 Å². The normalized spacial score (nSPS) is 11.6. The third-order valence-electron chi connectivity index (χ3n) is 3.30. The third-order valence-corrected chi connectivity index (χ3v) is 3.30. The molecule has 0 N–H and O–H groups in total. The van der Waals surface area contributed by atoms with Crippen LogP contribution in [0, 0.1) is 11.3 Å². The average molecular weight is 343 g/mol. The molecule has 0 saturated heterocycles. The Balaban J connectivity index is 3.22. The molecule has 1 aromatic carbocycles. The lowest BCUT2D eigenvalue weighted by molar-refractivity contribution is -0.112. The molecule has 0 aromatic heterocycles. The summed E-state index contributed by atoms with van der Waals surface area (Å²) in [5, 5.41) is 9.30. The first-order valence-electron chi connectivity index (χ1n) is 7.73. The molecule has 0 bridgehead atoms. The molecule has 0 heterocycles. The number of hydrogen-bond donors (Lipinski definition) is 0. The summed E-state index contributed by atoms with van der Waals surface area (Å²) >= 11 is 0. The number of rotatable bonds is 8. The average Bonchev–Trinajstić information content (AvgIpc) is 2.57. The smallest absolute Gasteiger partial charge is 0.202 e. The lowest BCUT2D eigenvalue weighted by Crippen LogP contribution is -2.15. The Bertz CT molecular complexity index is 713. The van der Waals surface area contributed by atoms with E-state index in [-0.39, 0.29) is 11.4 Å². The van der Waals surface area contributed by atoms with Crippen LogP contribution in [0.1, 0.15) is 5.56 Å². The summed E-state index contributed by atoms with van der Waals surface area (Å²) in [6.07, 6.45) is 3.64. The highest BCUT2D eigenvalue weighted by atomic mass is 16.5. The molecule has 0 aliphatic heterocycles. The molecule has 0 fully saturated rings. The molecule has 0 amide bonds. The topological polar surface area (TPSA) is 65.8 Å². The van der Waals surface area contributed by atoms with Gasteiger partial charge in [-0.1, -0.05) is 6.07 Å². The summed E-state index contributed by atoms with van der Waals surface area (Å²) in [5.41, 5.74) is 1.51. The van der Waals surface area contributed by atoms with Gasteiger partial charge in [0.05, 0.1) is 14.2 Å². The van der Waals surface area contributed by atoms with E-state index in [1.165, 1.54) is 6.20 Å². The molecule has 1 aromatic rings. The summed E-state index contributed by atoms with van der Waals surface area (Å²) < 4.78 is 10.5. The van der Waals surface area contributed by atoms with Gasteiger partial charge in [-0.05, 0) is 17.7 Å². The molecule has 25 heavy (non-hydrogen) atoms. The molecule has 0 unspecified atom stereocenters. The molecule has 0 radical (unpaired) electrons. The lowest BCUT2D eigenvalue weighted by Gasteiger charge is -2.14. The van der Waals surface area contributed by atoms with Crippen LogP contribution in [0.4, 0.5) is 0 Å². The summed E-state index contributed by atoms with van der Waals surface area (Å²) in [5.74, 6) is 0.932. The maximum absolute atomic E-state index is 12.8. The van der Waals surface area contributed by atoms with Crippen LogP contribution in [-0.2, 0) is 11.2 Å². The Morgan fingerprint density at radius 1 is 1.08 bits per heavy atom. The molecule has 6 heteroatoms. The van der Waals surface area contributed by atoms with E-state index in [2.05, 4.69) is 0 Å². The van der Waals surface area contributed by atoms with Crippen molar-refractivity contribution in [1.82, 2.24) is 9.80 Å². The van der Waals surface area contributed by atoms with Gasteiger partial charge in [0.25, 0.3) is 0 Å². The second-order valence-corrected chi connectivity index (χ2v) is 5.93. The van der Waals surface area contributed by atoms with Crippen molar-refractivity contribution in [3.8, 4) is 17.6 Å². The van der Waals surface area contributed by atoms with Crippen LogP contribution in [0.15, 0.2) is 41.7 Å². The highest BCUT2D eigenvalue weighted by Gasteiger charge is 2.17. The first-order chi connectivity index (χ1) is 11.8.